The van der Waals surface area contributed by atoms with Crippen LogP contribution in [-0.2, 0) is 6.54 Å². The van der Waals surface area contributed by atoms with Crippen LogP contribution in [0.25, 0.3) is 22.3 Å². The lowest BCUT2D eigenvalue weighted by molar-refractivity contribution is 0.1000. The van der Waals surface area contributed by atoms with Crippen molar-refractivity contribution >= 4 is 5.91 Å². The normalized spacial score (nSPS) is 10.8. The lowest BCUT2D eigenvalue weighted by Crippen LogP contribution is -2.13. The molecule has 3 aromatic carbocycles. The summed E-state index contributed by atoms with van der Waals surface area (Å²) in [6, 6.07) is 28.9. The Hall–Kier alpha value is -3.59. The number of hydrogen-bond donors (Lipinski definition) is 1. The van der Waals surface area contributed by atoms with Crippen molar-refractivity contribution in [2.45, 2.75) is 20.4 Å². The maximum Gasteiger partial charge on any atom is 0.251 e. The van der Waals surface area contributed by atoms with E-state index in [1.54, 1.807) is 0 Å². The van der Waals surface area contributed by atoms with Gasteiger partial charge in [-0.15, -0.1) is 0 Å². The van der Waals surface area contributed by atoms with Crippen molar-refractivity contribution in [1.29, 1.82) is 0 Å². The average Bonchev–Trinajstić information content (AvgIpc) is 3.00. The molecule has 0 saturated carbocycles. The van der Waals surface area contributed by atoms with E-state index in [0.29, 0.717) is 12.1 Å². The Kier molecular flexibility index (Phi) is 5.05. The predicted octanol–water partition coefficient (Wildman–Crippen LogP) is 5.59. The largest absolute Gasteiger partial charge is 0.366 e. The molecular formula is C26H24N2O. The summed E-state index contributed by atoms with van der Waals surface area (Å²) in [4.78, 5) is 12.3. The number of nitrogens with zero attached hydrogens (tertiary/aromatic N) is 1. The molecule has 0 aliphatic heterocycles. The SMILES string of the molecule is Cc1c(C(N)=O)c(-c2ccc(-c3ccccc3)cc2)c(C)n1Cc1ccccc1. The van der Waals surface area contributed by atoms with Crippen molar-refractivity contribution in [3.05, 3.63) is 107 Å². The predicted molar refractivity (Wildman–Crippen MR) is 119 cm³/mol. The second-order valence-corrected chi connectivity index (χ2v) is 7.30. The van der Waals surface area contributed by atoms with Crippen LogP contribution in [0.1, 0.15) is 27.3 Å². The van der Waals surface area contributed by atoms with Crippen LogP contribution in [0.4, 0.5) is 0 Å². The van der Waals surface area contributed by atoms with E-state index in [-0.39, 0.29) is 5.91 Å². The summed E-state index contributed by atoms with van der Waals surface area (Å²) in [5, 5.41) is 0. The summed E-state index contributed by atoms with van der Waals surface area (Å²) in [5.41, 5.74) is 13.8. The maximum atomic E-state index is 12.3. The number of carbonyl (C=O) groups is 1. The molecule has 0 radical (unpaired) electrons. The Balaban J connectivity index is 1.79. The van der Waals surface area contributed by atoms with E-state index in [9.17, 15) is 4.79 Å². The smallest absolute Gasteiger partial charge is 0.251 e. The van der Waals surface area contributed by atoms with Gasteiger partial charge < -0.3 is 10.3 Å². The van der Waals surface area contributed by atoms with Crippen molar-refractivity contribution in [3.8, 4) is 22.3 Å². The highest BCUT2D eigenvalue weighted by atomic mass is 16.1. The van der Waals surface area contributed by atoms with Crippen LogP contribution in [0.3, 0.4) is 0 Å². The Morgan fingerprint density at radius 3 is 1.83 bits per heavy atom. The summed E-state index contributed by atoms with van der Waals surface area (Å²) in [7, 11) is 0. The third-order valence-electron chi connectivity index (χ3n) is 5.49. The average molecular weight is 380 g/mol. The van der Waals surface area contributed by atoms with Gasteiger partial charge in [-0.05, 0) is 36.1 Å². The molecule has 0 unspecified atom stereocenters. The molecule has 0 aliphatic rings. The van der Waals surface area contributed by atoms with Crippen LogP contribution in [0.2, 0.25) is 0 Å². The first kappa shape index (κ1) is 18.8. The van der Waals surface area contributed by atoms with Crippen LogP contribution in [-0.4, -0.2) is 10.5 Å². The van der Waals surface area contributed by atoms with Crippen molar-refractivity contribution in [1.82, 2.24) is 4.57 Å². The van der Waals surface area contributed by atoms with E-state index in [1.807, 2.05) is 43.3 Å². The first-order valence-electron chi connectivity index (χ1n) is 9.75. The minimum absolute atomic E-state index is 0.389. The van der Waals surface area contributed by atoms with Gasteiger partial charge in [0.25, 0.3) is 5.91 Å². The molecule has 4 aromatic rings. The molecule has 4 rings (SSSR count). The summed E-state index contributed by atoms with van der Waals surface area (Å²) in [6.07, 6.45) is 0. The number of primary amides is 1. The van der Waals surface area contributed by atoms with E-state index in [4.69, 9.17) is 5.73 Å². The molecule has 0 spiro atoms. The Labute approximate surface area is 171 Å². The second kappa shape index (κ2) is 7.80. The number of benzene rings is 3. The molecule has 1 heterocycles. The number of carbonyl (C=O) groups excluding carboxylic acids is 1. The van der Waals surface area contributed by atoms with Crippen molar-refractivity contribution in [3.63, 3.8) is 0 Å². The molecule has 144 valence electrons. The quantitative estimate of drug-likeness (QED) is 0.482. The van der Waals surface area contributed by atoms with Gasteiger partial charge in [0.1, 0.15) is 0 Å². The first-order valence-corrected chi connectivity index (χ1v) is 9.75. The molecule has 0 fully saturated rings. The molecule has 0 atom stereocenters. The van der Waals surface area contributed by atoms with E-state index < -0.39 is 0 Å². The van der Waals surface area contributed by atoms with Gasteiger partial charge in [-0.1, -0.05) is 84.9 Å². The fraction of sp³-hybridized carbons (Fsp3) is 0.115. The standard InChI is InChI=1S/C26H24N2O/c1-18-24(23-15-13-22(14-16-23)21-11-7-4-8-12-21)25(26(27)29)19(2)28(18)17-20-9-5-3-6-10-20/h3-16H,17H2,1-2H3,(H2,27,29). The van der Waals surface area contributed by atoms with Crippen LogP contribution < -0.4 is 5.73 Å². The lowest BCUT2D eigenvalue weighted by atomic mass is 9.97. The number of hydrogen-bond acceptors (Lipinski definition) is 1. The van der Waals surface area contributed by atoms with Gasteiger partial charge in [0.05, 0.1) is 5.56 Å². The summed E-state index contributed by atoms with van der Waals surface area (Å²) in [5.74, 6) is -0.389. The van der Waals surface area contributed by atoms with Crippen LogP contribution >= 0.6 is 0 Å². The number of aromatic nitrogens is 1. The fourth-order valence-electron chi connectivity index (χ4n) is 4.00. The molecule has 3 nitrogen and oxygen atoms in total. The number of nitrogens with two attached hydrogens (primary N) is 1. The Morgan fingerprint density at radius 2 is 1.24 bits per heavy atom. The van der Waals surface area contributed by atoms with E-state index in [1.165, 1.54) is 11.1 Å². The monoisotopic (exact) mass is 380 g/mol. The van der Waals surface area contributed by atoms with Crippen molar-refractivity contribution in [2.24, 2.45) is 5.73 Å². The topological polar surface area (TPSA) is 48.0 Å². The maximum absolute atomic E-state index is 12.3. The molecule has 0 aliphatic carbocycles. The van der Waals surface area contributed by atoms with E-state index >= 15 is 0 Å². The van der Waals surface area contributed by atoms with Gasteiger partial charge in [0, 0.05) is 23.5 Å². The summed E-state index contributed by atoms with van der Waals surface area (Å²) in [6.45, 7) is 4.74. The zero-order chi connectivity index (χ0) is 20.4. The zero-order valence-electron chi connectivity index (χ0n) is 16.7. The summed E-state index contributed by atoms with van der Waals surface area (Å²) < 4.78 is 2.18. The van der Waals surface area contributed by atoms with Gasteiger partial charge in [-0.2, -0.15) is 0 Å². The summed E-state index contributed by atoms with van der Waals surface area (Å²) >= 11 is 0. The first-order chi connectivity index (χ1) is 14.1. The molecular weight excluding hydrogens is 356 g/mol. The van der Waals surface area contributed by atoms with Crippen LogP contribution in [0.5, 0.6) is 0 Å². The lowest BCUT2D eigenvalue weighted by Gasteiger charge is -2.10. The highest BCUT2D eigenvalue weighted by Crippen LogP contribution is 2.34. The molecule has 1 aromatic heterocycles. The minimum Gasteiger partial charge on any atom is -0.366 e. The van der Waals surface area contributed by atoms with E-state index in [0.717, 1.165) is 28.1 Å². The van der Waals surface area contributed by atoms with Crippen LogP contribution in [0, 0.1) is 13.8 Å². The molecule has 29 heavy (non-hydrogen) atoms. The number of rotatable bonds is 5. The molecule has 2 N–H and O–H groups in total. The van der Waals surface area contributed by atoms with Gasteiger partial charge in [-0.3, -0.25) is 4.79 Å². The van der Waals surface area contributed by atoms with Crippen LogP contribution in [0.15, 0.2) is 84.9 Å². The van der Waals surface area contributed by atoms with E-state index in [2.05, 4.69) is 60.0 Å². The van der Waals surface area contributed by atoms with Gasteiger partial charge >= 0.3 is 0 Å². The van der Waals surface area contributed by atoms with Crippen molar-refractivity contribution in [2.75, 3.05) is 0 Å². The third kappa shape index (κ3) is 3.59. The molecule has 3 heteroatoms. The van der Waals surface area contributed by atoms with Gasteiger partial charge in [0.15, 0.2) is 0 Å². The molecule has 1 amide bonds. The molecule has 0 saturated heterocycles. The highest BCUT2D eigenvalue weighted by molar-refractivity contribution is 6.02. The van der Waals surface area contributed by atoms with Gasteiger partial charge in [-0.25, -0.2) is 0 Å². The highest BCUT2D eigenvalue weighted by Gasteiger charge is 2.22. The second-order valence-electron chi connectivity index (χ2n) is 7.30. The zero-order valence-corrected chi connectivity index (χ0v) is 16.7. The Morgan fingerprint density at radius 1 is 0.724 bits per heavy atom. The van der Waals surface area contributed by atoms with Gasteiger partial charge in [0.2, 0.25) is 0 Å². The minimum atomic E-state index is -0.389. The Bertz CT molecular complexity index is 1140. The third-order valence-corrected chi connectivity index (χ3v) is 5.49. The number of amides is 1. The molecule has 0 bridgehead atoms. The van der Waals surface area contributed by atoms with Crippen molar-refractivity contribution < 1.29 is 4.79 Å². The fourth-order valence-corrected chi connectivity index (χ4v) is 4.00.